The maximum Gasteiger partial charge on any atom is 0.191 e. The van der Waals surface area contributed by atoms with Crippen molar-refractivity contribution in [3.05, 3.63) is 0 Å². The van der Waals surface area contributed by atoms with Gasteiger partial charge in [0.1, 0.15) is 0 Å². The number of halogens is 1. The lowest BCUT2D eigenvalue weighted by Crippen LogP contribution is -2.52. The molecule has 0 saturated carbocycles. The van der Waals surface area contributed by atoms with Crippen molar-refractivity contribution in [1.29, 1.82) is 0 Å². The molecule has 0 aromatic rings. The van der Waals surface area contributed by atoms with Crippen molar-refractivity contribution in [2.24, 2.45) is 4.99 Å². The maximum absolute atomic E-state index is 5.17. The molecular formula is C18H38IN5O. The monoisotopic (exact) mass is 467 g/mol. The van der Waals surface area contributed by atoms with E-state index in [1.807, 2.05) is 7.05 Å². The SMILES string of the molecule is CCN1CCCCC1CNC(=NC)NC1CCN(CCOC)CC1.I. The summed E-state index contributed by atoms with van der Waals surface area (Å²) >= 11 is 0. The fourth-order valence-corrected chi connectivity index (χ4v) is 3.83. The van der Waals surface area contributed by atoms with Gasteiger partial charge in [-0.1, -0.05) is 13.3 Å². The molecule has 2 fully saturated rings. The summed E-state index contributed by atoms with van der Waals surface area (Å²) in [5, 5.41) is 7.18. The average molecular weight is 467 g/mol. The van der Waals surface area contributed by atoms with Crippen molar-refractivity contribution in [1.82, 2.24) is 20.4 Å². The highest BCUT2D eigenvalue weighted by Gasteiger charge is 2.22. The number of guanidine groups is 1. The van der Waals surface area contributed by atoms with Crippen LogP contribution in [0.15, 0.2) is 4.99 Å². The summed E-state index contributed by atoms with van der Waals surface area (Å²) < 4.78 is 5.17. The molecule has 0 spiro atoms. The van der Waals surface area contributed by atoms with E-state index in [-0.39, 0.29) is 24.0 Å². The van der Waals surface area contributed by atoms with Crippen LogP contribution in [0.5, 0.6) is 0 Å². The number of hydrogen-bond donors (Lipinski definition) is 2. The van der Waals surface area contributed by atoms with E-state index in [2.05, 4.69) is 32.3 Å². The Balaban J connectivity index is 0.00000312. The number of nitrogens with one attached hydrogen (secondary N) is 2. The second kappa shape index (κ2) is 13.1. The van der Waals surface area contributed by atoms with Crippen LogP contribution in [-0.4, -0.2) is 87.9 Å². The average Bonchev–Trinajstić information content (AvgIpc) is 2.64. The summed E-state index contributed by atoms with van der Waals surface area (Å²) in [6, 6.07) is 1.18. The molecule has 0 aromatic carbocycles. The van der Waals surface area contributed by atoms with Gasteiger partial charge in [-0.15, -0.1) is 24.0 Å². The summed E-state index contributed by atoms with van der Waals surface area (Å²) in [6.07, 6.45) is 6.35. The number of piperidine rings is 2. The second-order valence-electron chi connectivity index (χ2n) is 6.98. The van der Waals surface area contributed by atoms with Crippen molar-refractivity contribution in [3.63, 3.8) is 0 Å². The van der Waals surface area contributed by atoms with E-state index in [0.29, 0.717) is 12.1 Å². The summed E-state index contributed by atoms with van der Waals surface area (Å²) in [4.78, 5) is 9.51. The molecule has 1 atom stereocenters. The summed E-state index contributed by atoms with van der Waals surface area (Å²) in [6.45, 7) is 9.83. The third-order valence-electron chi connectivity index (χ3n) is 5.42. The molecule has 0 radical (unpaired) electrons. The van der Waals surface area contributed by atoms with Gasteiger partial charge in [0.05, 0.1) is 6.61 Å². The van der Waals surface area contributed by atoms with E-state index in [0.717, 1.165) is 45.3 Å². The zero-order chi connectivity index (χ0) is 17.2. The third kappa shape index (κ3) is 7.97. The van der Waals surface area contributed by atoms with Crippen LogP contribution in [0.4, 0.5) is 0 Å². The van der Waals surface area contributed by atoms with E-state index in [1.165, 1.54) is 38.6 Å². The van der Waals surface area contributed by atoms with Gasteiger partial charge in [-0.2, -0.15) is 0 Å². The van der Waals surface area contributed by atoms with Crippen LogP contribution >= 0.6 is 24.0 Å². The molecule has 2 aliphatic heterocycles. The molecule has 0 amide bonds. The van der Waals surface area contributed by atoms with E-state index in [1.54, 1.807) is 7.11 Å². The number of methoxy groups -OCH3 is 1. The maximum atomic E-state index is 5.17. The Bertz CT molecular complexity index is 374. The number of aliphatic imine (C=N–C) groups is 1. The largest absolute Gasteiger partial charge is 0.383 e. The van der Waals surface area contributed by atoms with Gasteiger partial charge in [0.25, 0.3) is 0 Å². The molecule has 7 heteroatoms. The van der Waals surface area contributed by atoms with Crippen LogP contribution in [-0.2, 0) is 4.74 Å². The first-order valence-electron chi connectivity index (χ1n) is 9.69. The van der Waals surface area contributed by atoms with Crippen LogP contribution in [0.1, 0.15) is 39.0 Å². The lowest BCUT2D eigenvalue weighted by Gasteiger charge is -2.36. The van der Waals surface area contributed by atoms with Gasteiger partial charge in [-0.25, -0.2) is 0 Å². The highest BCUT2D eigenvalue weighted by atomic mass is 127. The van der Waals surface area contributed by atoms with Gasteiger partial charge in [0.15, 0.2) is 5.96 Å². The Hall–Kier alpha value is -0.120. The molecule has 2 saturated heterocycles. The Labute approximate surface area is 171 Å². The first-order valence-corrected chi connectivity index (χ1v) is 9.69. The highest BCUT2D eigenvalue weighted by Crippen LogP contribution is 2.15. The first kappa shape index (κ1) is 22.9. The number of nitrogens with zero attached hydrogens (tertiary/aromatic N) is 3. The molecule has 6 nitrogen and oxygen atoms in total. The fraction of sp³-hybridized carbons (Fsp3) is 0.944. The van der Waals surface area contributed by atoms with Gasteiger partial charge in [-0.3, -0.25) is 9.89 Å². The van der Waals surface area contributed by atoms with Crippen molar-refractivity contribution < 1.29 is 4.74 Å². The molecule has 25 heavy (non-hydrogen) atoms. The Morgan fingerprint density at radius 1 is 1.16 bits per heavy atom. The van der Waals surface area contributed by atoms with Crippen molar-refractivity contribution >= 4 is 29.9 Å². The topological polar surface area (TPSA) is 52.1 Å². The molecule has 0 aliphatic carbocycles. The van der Waals surface area contributed by atoms with Crippen molar-refractivity contribution in [2.45, 2.75) is 51.1 Å². The lowest BCUT2D eigenvalue weighted by atomic mass is 10.0. The molecule has 2 rings (SSSR count). The molecule has 2 N–H and O–H groups in total. The number of rotatable bonds is 7. The van der Waals surface area contributed by atoms with Crippen LogP contribution in [0.25, 0.3) is 0 Å². The molecule has 148 valence electrons. The second-order valence-corrected chi connectivity index (χ2v) is 6.98. The number of likely N-dealkylation sites (tertiary alicyclic amines) is 2. The molecule has 1 unspecified atom stereocenters. The Morgan fingerprint density at radius 2 is 1.92 bits per heavy atom. The highest BCUT2D eigenvalue weighted by molar-refractivity contribution is 14.0. The van der Waals surface area contributed by atoms with Crippen molar-refractivity contribution in [3.8, 4) is 0 Å². The van der Waals surface area contributed by atoms with Gasteiger partial charge < -0.3 is 20.3 Å². The van der Waals surface area contributed by atoms with Gasteiger partial charge in [-0.05, 0) is 38.8 Å². The van der Waals surface area contributed by atoms with Crippen molar-refractivity contribution in [2.75, 3.05) is 60.0 Å². The Morgan fingerprint density at radius 3 is 2.56 bits per heavy atom. The summed E-state index contributed by atoms with van der Waals surface area (Å²) in [5.74, 6) is 0.965. The molecule has 2 heterocycles. The minimum Gasteiger partial charge on any atom is -0.383 e. The predicted molar refractivity (Wildman–Crippen MR) is 116 cm³/mol. The van der Waals surface area contributed by atoms with Crippen LogP contribution in [0.3, 0.4) is 0 Å². The van der Waals surface area contributed by atoms with Gasteiger partial charge in [0, 0.05) is 52.4 Å². The number of ether oxygens (including phenoxy) is 1. The molecule has 0 bridgehead atoms. The number of likely N-dealkylation sites (N-methyl/N-ethyl adjacent to an activating group) is 1. The minimum atomic E-state index is 0. The van der Waals surface area contributed by atoms with Crippen LogP contribution in [0, 0.1) is 0 Å². The third-order valence-corrected chi connectivity index (χ3v) is 5.42. The smallest absolute Gasteiger partial charge is 0.191 e. The Kier molecular flexibility index (Phi) is 12.0. The molecular weight excluding hydrogens is 429 g/mol. The standard InChI is InChI=1S/C18H37N5O.HI/c1-4-23-10-6-5-7-17(23)15-20-18(19-2)21-16-8-11-22(12-9-16)13-14-24-3;/h16-17H,4-15H2,1-3H3,(H2,19,20,21);1H. The molecule has 2 aliphatic rings. The quantitative estimate of drug-likeness (QED) is 0.340. The summed E-state index contributed by atoms with van der Waals surface area (Å²) in [5.41, 5.74) is 0. The van der Waals surface area contributed by atoms with E-state index in [4.69, 9.17) is 4.74 Å². The first-order chi connectivity index (χ1) is 11.8. The van der Waals surface area contributed by atoms with Gasteiger partial charge >= 0.3 is 0 Å². The lowest BCUT2D eigenvalue weighted by molar-refractivity contribution is 0.128. The zero-order valence-electron chi connectivity index (χ0n) is 16.3. The normalized spacial score (nSPS) is 24.0. The zero-order valence-corrected chi connectivity index (χ0v) is 18.6. The van der Waals surface area contributed by atoms with E-state index < -0.39 is 0 Å². The number of hydrogen-bond acceptors (Lipinski definition) is 4. The van der Waals surface area contributed by atoms with Gasteiger partial charge in [0.2, 0.25) is 0 Å². The minimum absolute atomic E-state index is 0. The van der Waals surface area contributed by atoms with E-state index >= 15 is 0 Å². The molecule has 0 aromatic heterocycles. The van der Waals surface area contributed by atoms with Crippen LogP contribution in [0.2, 0.25) is 0 Å². The van der Waals surface area contributed by atoms with Crippen LogP contribution < -0.4 is 10.6 Å². The summed E-state index contributed by atoms with van der Waals surface area (Å²) in [7, 11) is 3.65. The predicted octanol–water partition coefficient (Wildman–Crippen LogP) is 1.75. The fourth-order valence-electron chi connectivity index (χ4n) is 3.83. The van der Waals surface area contributed by atoms with E-state index in [9.17, 15) is 0 Å².